The largest absolute Gasteiger partial charge is 0.489 e. The molecule has 0 spiro atoms. The Balaban J connectivity index is 1.66. The molecule has 1 saturated heterocycles. The monoisotopic (exact) mass is 456 g/mol. The molecule has 1 heterocycles. The van der Waals surface area contributed by atoms with E-state index in [-0.39, 0.29) is 5.91 Å². The molecule has 0 unspecified atom stereocenters. The number of benzene rings is 2. The highest BCUT2D eigenvalue weighted by Crippen LogP contribution is 2.33. The summed E-state index contributed by atoms with van der Waals surface area (Å²) in [7, 11) is 0. The van der Waals surface area contributed by atoms with E-state index in [9.17, 15) is 4.79 Å². The molecule has 0 N–H and O–H groups in total. The van der Waals surface area contributed by atoms with Crippen LogP contribution in [0.4, 0.5) is 0 Å². The summed E-state index contributed by atoms with van der Waals surface area (Å²) in [6.45, 7) is 6.25. The zero-order chi connectivity index (χ0) is 22.1. The predicted octanol–water partition coefficient (Wildman–Crippen LogP) is 6.79. The topological polar surface area (TPSA) is 41.9 Å². The second kappa shape index (κ2) is 12.0. The molecule has 0 aliphatic carbocycles. The second-order valence-corrected chi connectivity index (χ2v) is 8.87. The summed E-state index contributed by atoms with van der Waals surface area (Å²) in [6, 6.07) is 15.4. The Morgan fingerprint density at radius 1 is 1.03 bits per heavy atom. The lowest BCUT2D eigenvalue weighted by atomic mass is 10.2. The van der Waals surface area contributed by atoms with Crippen LogP contribution in [0.1, 0.15) is 50.7 Å². The Hall–Kier alpha value is -2.24. The van der Waals surface area contributed by atoms with Gasteiger partial charge in [-0.1, -0.05) is 62.6 Å². The molecule has 0 saturated carbocycles. The van der Waals surface area contributed by atoms with Crippen molar-refractivity contribution in [1.29, 1.82) is 0 Å². The summed E-state index contributed by atoms with van der Waals surface area (Å²) in [5.41, 5.74) is 2.03. The van der Waals surface area contributed by atoms with Crippen LogP contribution in [-0.4, -0.2) is 29.1 Å². The van der Waals surface area contributed by atoms with Crippen molar-refractivity contribution in [1.82, 2.24) is 4.90 Å². The smallest absolute Gasteiger partial charge is 0.266 e. The van der Waals surface area contributed by atoms with Crippen molar-refractivity contribution in [2.75, 3.05) is 13.1 Å². The molecule has 0 aromatic heterocycles. The van der Waals surface area contributed by atoms with Gasteiger partial charge in [0.15, 0.2) is 5.17 Å². The molecule has 1 aliphatic rings. The van der Waals surface area contributed by atoms with Gasteiger partial charge in [-0.3, -0.25) is 14.7 Å². The highest BCUT2D eigenvalue weighted by molar-refractivity contribution is 8.18. The first-order valence-corrected chi connectivity index (χ1v) is 12.0. The van der Waals surface area contributed by atoms with Crippen molar-refractivity contribution in [2.24, 2.45) is 4.99 Å². The van der Waals surface area contributed by atoms with E-state index in [0.29, 0.717) is 11.6 Å². The van der Waals surface area contributed by atoms with Crippen molar-refractivity contribution < 1.29 is 9.53 Å². The van der Waals surface area contributed by atoms with Crippen LogP contribution in [0.5, 0.6) is 5.75 Å². The number of halogens is 1. The number of ether oxygens (including phenoxy) is 1. The molecule has 2 aromatic rings. The van der Waals surface area contributed by atoms with Crippen molar-refractivity contribution in [3.63, 3.8) is 0 Å². The van der Waals surface area contributed by atoms with Gasteiger partial charge in [-0.25, -0.2) is 0 Å². The first kappa shape index (κ1) is 23.4. The lowest BCUT2D eigenvalue weighted by Gasteiger charge is -2.14. The molecule has 0 atom stereocenters. The van der Waals surface area contributed by atoms with E-state index in [1.165, 1.54) is 11.8 Å². The number of thioether (sulfide) groups is 1. The van der Waals surface area contributed by atoms with Gasteiger partial charge >= 0.3 is 0 Å². The Kier molecular flexibility index (Phi) is 9.04. The molecule has 6 heteroatoms. The molecule has 0 radical (unpaired) electrons. The molecular formula is C25H29ClN2O2S. The number of carbonyl (C=O) groups excluding carboxylic acids is 1. The fraction of sp³-hybridized carbons (Fsp3) is 0.360. The average molecular weight is 457 g/mol. The van der Waals surface area contributed by atoms with Crippen molar-refractivity contribution in [3.8, 4) is 5.75 Å². The van der Waals surface area contributed by atoms with Gasteiger partial charge in [0.05, 0.1) is 4.91 Å². The Labute approximate surface area is 194 Å². The minimum atomic E-state index is 0.0526. The molecular weight excluding hydrogens is 428 g/mol. The zero-order valence-electron chi connectivity index (χ0n) is 18.1. The van der Waals surface area contributed by atoms with E-state index >= 15 is 0 Å². The molecule has 1 fully saturated rings. The predicted molar refractivity (Wildman–Crippen MR) is 132 cm³/mol. The number of carbonyl (C=O) groups is 1. The van der Waals surface area contributed by atoms with Gasteiger partial charge in [0.2, 0.25) is 0 Å². The Morgan fingerprint density at radius 2 is 1.74 bits per heavy atom. The lowest BCUT2D eigenvalue weighted by molar-refractivity contribution is -0.122. The number of amidine groups is 1. The quantitative estimate of drug-likeness (QED) is 0.292. The van der Waals surface area contributed by atoms with Crippen LogP contribution in [-0.2, 0) is 11.4 Å². The van der Waals surface area contributed by atoms with Crippen LogP contribution in [0.15, 0.2) is 58.4 Å². The normalized spacial score (nSPS) is 16.5. The summed E-state index contributed by atoms with van der Waals surface area (Å²) in [5.74, 6) is 0.839. The number of amides is 1. The van der Waals surface area contributed by atoms with Crippen LogP contribution in [0.2, 0.25) is 5.02 Å². The third-order valence-electron chi connectivity index (χ3n) is 4.88. The number of hydrogen-bond donors (Lipinski definition) is 0. The van der Waals surface area contributed by atoms with Gasteiger partial charge in [-0.2, -0.15) is 0 Å². The maximum atomic E-state index is 12.9. The second-order valence-electron chi connectivity index (χ2n) is 7.42. The minimum absolute atomic E-state index is 0.0526. The van der Waals surface area contributed by atoms with Gasteiger partial charge < -0.3 is 4.74 Å². The maximum absolute atomic E-state index is 12.9. The summed E-state index contributed by atoms with van der Waals surface area (Å²) in [6.07, 6.45) is 6.10. The molecule has 3 rings (SSSR count). The Bertz CT molecular complexity index is 924. The fourth-order valence-corrected chi connectivity index (χ4v) is 4.19. The summed E-state index contributed by atoms with van der Waals surface area (Å²) < 4.78 is 5.85. The van der Waals surface area contributed by atoms with Gasteiger partial charge in [-0.05, 0) is 66.1 Å². The summed E-state index contributed by atoms with van der Waals surface area (Å²) in [4.78, 5) is 20.2. The fourth-order valence-electron chi connectivity index (χ4n) is 3.03. The van der Waals surface area contributed by atoms with E-state index in [4.69, 9.17) is 16.3 Å². The Morgan fingerprint density at radius 3 is 2.42 bits per heavy atom. The highest BCUT2D eigenvalue weighted by atomic mass is 35.5. The third kappa shape index (κ3) is 6.88. The van der Waals surface area contributed by atoms with Crippen LogP contribution < -0.4 is 4.74 Å². The van der Waals surface area contributed by atoms with E-state index in [1.807, 2.05) is 59.5 Å². The zero-order valence-corrected chi connectivity index (χ0v) is 19.7. The molecule has 0 bridgehead atoms. The maximum Gasteiger partial charge on any atom is 0.266 e. The molecule has 1 amide bonds. The van der Waals surface area contributed by atoms with Gasteiger partial charge in [0, 0.05) is 18.1 Å². The molecule has 164 valence electrons. The first-order valence-electron chi connectivity index (χ1n) is 10.8. The van der Waals surface area contributed by atoms with Gasteiger partial charge in [0.1, 0.15) is 12.4 Å². The van der Waals surface area contributed by atoms with Crippen LogP contribution in [0.25, 0.3) is 6.08 Å². The molecule has 1 aliphatic heterocycles. The highest BCUT2D eigenvalue weighted by Gasteiger charge is 2.32. The van der Waals surface area contributed by atoms with Crippen LogP contribution in [0, 0.1) is 0 Å². The average Bonchev–Trinajstić information content (AvgIpc) is 3.07. The number of rotatable bonds is 10. The first-order chi connectivity index (χ1) is 15.1. The van der Waals surface area contributed by atoms with E-state index < -0.39 is 0 Å². The third-order valence-corrected chi connectivity index (χ3v) is 6.18. The summed E-state index contributed by atoms with van der Waals surface area (Å²) in [5, 5.41) is 1.55. The number of nitrogens with zero attached hydrogens (tertiary/aromatic N) is 2. The van der Waals surface area contributed by atoms with E-state index in [2.05, 4.69) is 18.8 Å². The number of aliphatic imine (C=N–C) groups is 1. The number of hydrogen-bond acceptors (Lipinski definition) is 4. The van der Waals surface area contributed by atoms with Crippen molar-refractivity contribution in [3.05, 3.63) is 69.6 Å². The number of unbranched alkanes of at least 4 members (excludes halogenated alkanes) is 2. The molecule has 2 aromatic carbocycles. The van der Waals surface area contributed by atoms with Gasteiger partial charge in [0.25, 0.3) is 5.91 Å². The van der Waals surface area contributed by atoms with Crippen LogP contribution >= 0.6 is 23.4 Å². The van der Waals surface area contributed by atoms with E-state index in [0.717, 1.165) is 65.7 Å². The van der Waals surface area contributed by atoms with E-state index in [1.54, 1.807) is 0 Å². The molecule has 4 nitrogen and oxygen atoms in total. The van der Waals surface area contributed by atoms with Crippen LogP contribution in [0.3, 0.4) is 0 Å². The standard InChI is InChI=1S/C25H29ClN2O2S/c1-3-5-15-27-25-28(16-6-4-2)24(29)23(31-25)17-19-9-13-22(14-10-19)30-18-20-7-11-21(26)12-8-20/h7-14,17H,3-6,15-16,18H2,1-2H3/b23-17-,27-25?. The minimum Gasteiger partial charge on any atom is -0.489 e. The summed E-state index contributed by atoms with van der Waals surface area (Å²) >= 11 is 7.40. The SMILES string of the molecule is CCCCN=C1S/C(=C\c2ccc(OCc3ccc(Cl)cc3)cc2)C(=O)N1CCCC. The lowest BCUT2D eigenvalue weighted by Crippen LogP contribution is -2.30. The molecule has 31 heavy (non-hydrogen) atoms. The van der Waals surface area contributed by atoms with Crippen molar-refractivity contribution >= 4 is 40.5 Å². The van der Waals surface area contributed by atoms with Crippen molar-refractivity contribution in [2.45, 2.75) is 46.1 Å². The van der Waals surface area contributed by atoms with Gasteiger partial charge in [-0.15, -0.1) is 0 Å².